The minimum atomic E-state index is -2.08. The SMILES string of the molecule is CCCCCCCCC1CCC(C2CCC(C(F)F)CC2)CC1. The maximum absolute atomic E-state index is 12.8. The molecule has 0 saturated heterocycles. The number of unbranched alkanes of at least 4 members (excludes halogenated alkanes) is 5. The molecule has 136 valence electrons. The normalized spacial score (nSPS) is 32.3. The molecule has 2 rings (SSSR count). The van der Waals surface area contributed by atoms with Gasteiger partial charge in [0.05, 0.1) is 0 Å². The Labute approximate surface area is 142 Å². The Morgan fingerprint density at radius 3 is 1.78 bits per heavy atom. The summed E-state index contributed by atoms with van der Waals surface area (Å²) in [7, 11) is 0. The van der Waals surface area contributed by atoms with Crippen LogP contribution in [-0.2, 0) is 0 Å². The van der Waals surface area contributed by atoms with E-state index in [0.717, 1.165) is 43.4 Å². The molecule has 2 saturated carbocycles. The fourth-order valence-corrected chi connectivity index (χ4v) is 5.03. The van der Waals surface area contributed by atoms with E-state index in [0.29, 0.717) is 0 Å². The first-order valence-electron chi connectivity index (χ1n) is 10.5. The summed E-state index contributed by atoms with van der Waals surface area (Å²) >= 11 is 0. The van der Waals surface area contributed by atoms with Crippen LogP contribution < -0.4 is 0 Å². The second-order valence-electron chi connectivity index (χ2n) is 8.35. The molecule has 0 radical (unpaired) electrons. The van der Waals surface area contributed by atoms with E-state index in [1.807, 2.05) is 0 Å². The summed E-state index contributed by atoms with van der Waals surface area (Å²) in [6.45, 7) is 2.28. The second kappa shape index (κ2) is 10.7. The lowest BCUT2D eigenvalue weighted by Gasteiger charge is -2.37. The van der Waals surface area contributed by atoms with E-state index < -0.39 is 6.43 Å². The highest BCUT2D eigenvalue weighted by molar-refractivity contribution is 4.82. The van der Waals surface area contributed by atoms with Crippen molar-refractivity contribution in [1.29, 1.82) is 0 Å². The highest BCUT2D eigenvalue weighted by Gasteiger charge is 2.33. The van der Waals surface area contributed by atoms with Crippen LogP contribution in [0.4, 0.5) is 8.78 Å². The monoisotopic (exact) mass is 328 g/mol. The molecule has 2 heteroatoms. The highest BCUT2D eigenvalue weighted by atomic mass is 19.3. The molecule has 0 spiro atoms. The molecule has 0 nitrogen and oxygen atoms in total. The van der Waals surface area contributed by atoms with Gasteiger partial charge in [0.2, 0.25) is 6.43 Å². The minimum absolute atomic E-state index is 0.296. The zero-order valence-corrected chi connectivity index (χ0v) is 15.2. The van der Waals surface area contributed by atoms with Crippen LogP contribution in [0.15, 0.2) is 0 Å². The van der Waals surface area contributed by atoms with E-state index in [1.165, 1.54) is 70.6 Å². The van der Waals surface area contributed by atoms with E-state index in [1.54, 1.807) is 0 Å². The van der Waals surface area contributed by atoms with Gasteiger partial charge in [0.25, 0.3) is 0 Å². The number of hydrogen-bond acceptors (Lipinski definition) is 0. The van der Waals surface area contributed by atoms with Gasteiger partial charge in [-0.2, -0.15) is 0 Å². The number of alkyl halides is 2. The number of halogens is 2. The molecule has 2 fully saturated rings. The van der Waals surface area contributed by atoms with Gasteiger partial charge in [0.1, 0.15) is 0 Å². The van der Waals surface area contributed by atoms with Crippen molar-refractivity contribution in [2.45, 2.75) is 110 Å². The predicted molar refractivity (Wildman–Crippen MR) is 94.9 cm³/mol. The molecular formula is C21H38F2. The molecule has 2 aliphatic rings. The van der Waals surface area contributed by atoms with E-state index in [-0.39, 0.29) is 5.92 Å². The van der Waals surface area contributed by atoms with Gasteiger partial charge in [0.15, 0.2) is 0 Å². The summed E-state index contributed by atoms with van der Waals surface area (Å²) in [5.41, 5.74) is 0. The first-order chi connectivity index (χ1) is 11.2. The Morgan fingerprint density at radius 2 is 1.22 bits per heavy atom. The average molecular weight is 329 g/mol. The third kappa shape index (κ3) is 6.70. The van der Waals surface area contributed by atoms with Gasteiger partial charge in [-0.15, -0.1) is 0 Å². The third-order valence-electron chi connectivity index (χ3n) is 6.70. The number of rotatable bonds is 9. The van der Waals surface area contributed by atoms with Gasteiger partial charge in [-0.1, -0.05) is 64.7 Å². The van der Waals surface area contributed by atoms with Gasteiger partial charge in [0, 0.05) is 5.92 Å². The molecule has 0 unspecified atom stereocenters. The van der Waals surface area contributed by atoms with Crippen LogP contribution in [0.3, 0.4) is 0 Å². The summed E-state index contributed by atoms with van der Waals surface area (Å²) in [6.07, 6.45) is 17.1. The Balaban J connectivity index is 1.54. The molecule has 0 heterocycles. The highest BCUT2D eigenvalue weighted by Crippen LogP contribution is 2.43. The van der Waals surface area contributed by atoms with Crippen molar-refractivity contribution in [2.75, 3.05) is 0 Å². The maximum atomic E-state index is 12.8. The first kappa shape index (κ1) is 19.2. The summed E-state index contributed by atoms with van der Waals surface area (Å²) in [4.78, 5) is 0. The Bertz CT molecular complexity index is 286. The third-order valence-corrected chi connectivity index (χ3v) is 6.70. The Kier molecular flexibility index (Phi) is 8.90. The van der Waals surface area contributed by atoms with Crippen molar-refractivity contribution >= 4 is 0 Å². The summed E-state index contributed by atoms with van der Waals surface area (Å²) < 4.78 is 25.5. The maximum Gasteiger partial charge on any atom is 0.241 e. The van der Waals surface area contributed by atoms with Crippen LogP contribution >= 0.6 is 0 Å². The smallest absolute Gasteiger partial charge is 0.210 e. The van der Waals surface area contributed by atoms with Gasteiger partial charge < -0.3 is 0 Å². The standard InChI is InChI=1S/C21H38F2/c1-2-3-4-5-6-7-8-17-9-11-18(12-10-17)19-13-15-20(16-14-19)21(22)23/h17-21H,2-16H2,1H3. The van der Waals surface area contributed by atoms with Gasteiger partial charge in [-0.3, -0.25) is 0 Å². The molecule has 0 aromatic rings. The van der Waals surface area contributed by atoms with Crippen LogP contribution in [0.5, 0.6) is 0 Å². The first-order valence-corrected chi connectivity index (χ1v) is 10.5. The molecule has 2 aliphatic carbocycles. The summed E-state index contributed by atoms with van der Waals surface area (Å²) in [6, 6.07) is 0. The largest absolute Gasteiger partial charge is 0.241 e. The van der Waals surface area contributed by atoms with Gasteiger partial charge >= 0.3 is 0 Å². The summed E-state index contributed by atoms with van der Waals surface area (Å²) in [5.74, 6) is 2.29. The quantitative estimate of drug-likeness (QED) is 0.382. The zero-order valence-electron chi connectivity index (χ0n) is 15.2. The van der Waals surface area contributed by atoms with Crippen LogP contribution in [0, 0.1) is 23.7 Å². The van der Waals surface area contributed by atoms with Crippen LogP contribution in [0.1, 0.15) is 103 Å². The average Bonchev–Trinajstić information content (AvgIpc) is 2.58. The zero-order chi connectivity index (χ0) is 16.5. The fourth-order valence-electron chi connectivity index (χ4n) is 5.03. The molecular weight excluding hydrogens is 290 g/mol. The molecule has 0 amide bonds. The molecule has 23 heavy (non-hydrogen) atoms. The molecule has 0 aromatic heterocycles. The molecule has 0 aliphatic heterocycles. The molecule has 0 N–H and O–H groups in total. The molecule has 0 bridgehead atoms. The lowest BCUT2D eigenvalue weighted by Crippen LogP contribution is -2.27. The van der Waals surface area contributed by atoms with Gasteiger partial charge in [-0.05, 0) is 56.3 Å². The minimum Gasteiger partial charge on any atom is -0.210 e. The second-order valence-corrected chi connectivity index (χ2v) is 8.35. The van der Waals surface area contributed by atoms with E-state index in [9.17, 15) is 8.78 Å². The van der Waals surface area contributed by atoms with E-state index in [4.69, 9.17) is 0 Å². The van der Waals surface area contributed by atoms with Crippen LogP contribution in [0.2, 0.25) is 0 Å². The molecule has 0 aromatic carbocycles. The van der Waals surface area contributed by atoms with Crippen LogP contribution in [-0.4, -0.2) is 6.43 Å². The topological polar surface area (TPSA) is 0 Å². The predicted octanol–water partition coefficient (Wildman–Crippen LogP) is 7.61. The van der Waals surface area contributed by atoms with Crippen molar-refractivity contribution in [3.8, 4) is 0 Å². The van der Waals surface area contributed by atoms with Crippen molar-refractivity contribution in [3.63, 3.8) is 0 Å². The lowest BCUT2D eigenvalue weighted by atomic mass is 9.68. The van der Waals surface area contributed by atoms with E-state index >= 15 is 0 Å². The van der Waals surface area contributed by atoms with E-state index in [2.05, 4.69) is 6.92 Å². The van der Waals surface area contributed by atoms with Crippen molar-refractivity contribution in [2.24, 2.45) is 23.7 Å². The lowest BCUT2D eigenvalue weighted by molar-refractivity contribution is 0.0339. The van der Waals surface area contributed by atoms with Crippen molar-refractivity contribution in [3.05, 3.63) is 0 Å². The Morgan fingerprint density at radius 1 is 0.696 bits per heavy atom. The fraction of sp³-hybridized carbons (Fsp3) is 1.00. The molecule has 0 atom stereocenters. The Hall–Kier alpha value is -0.140. The van der Waals surface area contributed by atoms with Crippen molar-refractivity contribution in [1.82, 2.24) is 0 Å². The van der Waals surface area contributed by atoms with Crippen LogP contribution in [0.25, 0.3) is 0 Å². The van der Waals surface area contributed by atoms with Crippen molar-refractivity contribution < 1.29 is 8.78 Å². The summed E-state index contributed by atoms with van der Waals surface area (Å²) in [5, 5.41) is 0. The van der Waals surface area contributed by atoms with Gasteiger partial charge in [-0.25, -0.2) is 8.78 Å². The number of hydrogen-bond donors (Lipinski definition) is 0.